The van der Waals surface area contributed by atoms with Crippen molar-refractivity contribution in [1.82, 2.24) is 9.88 Å². The quantitative estimate of drug-likeness (QED) is 0.592. The fourth-order valence-electron chi connectivity index (χ4n) is 4.12. The first-order chi connectivity index (χ1) is 16.3. The Morgan fingerprint density at radius 2 is 1.85 bits per heavy atom. The fourth-order valence-corrected chi connectivity index (χ4v) is 5.26. The van der Waals surface area contributed by atoms with E-state index < -0.39 is 58.1 Å². The van der Waals surface area contributed by atoms with Gasteiger partial charge in [0.1, 0.15) is 23.0 Å². The van der Waals surface area contributed by atoms with Crippen LogP contribution in [-0.4, -0.2) is 33.8 Å². The van der Waals surface area contributed by atoms with Gasteiger partial charge in [0.2, 0.25) is 5.43 Å². The number of carbonyl (C=O) groups is 2. The highest BCUT2D eigenvalue weighted by atomic mass is 32.2. The lowest BCUT2D eigenvalue weighted by Gasteiger charge is -2.34. The second kappa shape index (κ2) is 8.24. The van der Waals surface area contributed by atoms with Gasteiger partial charge in [0, 0.05) is 47.6 Å². The Balaban J connectivity index is 1.50. The maximum absolute atomic E-state index is 13.9. The number of pyridine rings is 1. The molecule has 0 radical (unpaired) electrons. The number of halogens is 3. The lowest BCUT2D eigenvalue weighted by Crippen LogP contribution is -2.45. The van der Waals surface area contributed by atoms with E-state index in [9.17, 15) is 32.7 Å². The zero-order chi connectivity index (χ0) is 24.1. The molecule has 2 aliphatic heterocycles. The second-order valence-electron chi connectivity index (χ2n) is 7.86. The zero-order valence-corrected chi connectivity index (χ0v) is 18.2. The Bertz CT molecular complexity index is 1400. The number of carbonyl (C=O) groups excluding carboxylic acids is 2. The van der Waals surface area contributed by atoms with Crippen LogP contribution in [0, 0.1) is 17.5 Å². The standard InChI is InChI=1S/C23H16F3N3O4S/c24-11-5-15(25)13(16(26)6-11)7-27-22(32)14-9-28-12-8-29(23(33)19(28)21(31)20(14)30)17-3-1-2-4-18(17)34-10-12/h1-6,9,12,31H,7-8,10H2,(H,27,32). The van der Waals surface area contributed by atoms with Gasteiger partial charge < -0.3 is 19.9 Å². The minimum atomic E-state index is -1.19. The zero-order valence-electron chi connectivity index (χ0n) is 17.3. The van der Waals surface area contributed by atoms with E-state index >= 15 is 0 Å². The molecule has 0 saturated heterocycles. The summed E-state index contributed by atoms with van der Waals surface area (Å²) in [5, 5.41) is 12.8. The van der Waals surface area contributed by atoms with Crippen molar-refractivity contribution in [3.05, 3.63) is 87.1 Å². The average molecular weight is 487 g/mol. The van der Waals surface area contributed by atoms with Crippen LogP contribution >= 0.6 is 11.8 Å². The number of fused-ring (bicyclic) bond motifs is 6. The van der Waals surface area contributed by atoms with Gasteiger partial charge in [-0.3, -0.25) is 14.4 Å². The minimum absolute atomic E-state index is 0.231. The Hall–Kier alpha value is -3.73. The van der Waals surface area contributed by atoms with E-state index in [0.717, 1.165) is 4.90 Å². The number of rotatable bonds is 3. The molecule has 0 aliphatic carbocycles. The summed E-state index contributed by atoms with van der Waals surface area (Å²) in [4.78, 5) is 41.0. The van der Waals surface area contributed by atoms with Crippen LogP contribution in [-0.2, 0) is 6.54 Å². The van der Waals surface area contributed by atoms with Crippen molar-refractivity contribution in [2.24, 2.45) is 0 Å². The molecule has 0 saturated carbocycles. The average Bonchev–Trinajstić information content (AvgIpc) is 2.97. The van der Waals surface area contributed by atoms with E-state index in [-0.39, 0.29) is 18.3 Å². The molecule has 1 atom stereocenters. The summed E-state index contributed by atoms with van der Waals surface area (Å²) in [6, 6.07) is 7.88. The van der Waals surface area contributed by atoms with Gasteiger partial charge in [-0.1, -0.05) is 12.1 Å². The number of thioether (sulfide) groups is 1. The molecule has 2 aromatic carbocycles. The van der Waals surface area contributed by atoms with Gasteiger partial charge in [0.05, 0.1) is 11.7 Å². The number of anilines is 1. The van der Waals surface area contributed by atoms with Crippen LogP contribution in [0.3, 0.4) is 0 Å². The highest BCUT2D eigenvalue weighted by molar-refractivity contribution is 7.99. The molecule has 1 unspecified atom stereocenters. The number of nitrogens with zero attached hydrogens (tertiary/aromatic N) is 2. The minimum Gasteiger partial charge on any atom is -0.503 e. The highest BCUT2D eigenvalue weighted by Crippen LogP contribution is 2.41. The molecule has 2 bridgehead atoms. The van der Waals surface area contributed by atoms with Crippen molar-refractivity contribution in [2.45, 2.75) is 17.5 Å². The van der Waals surface area contributed by atoms with Crippen molar-refractivity contribution in [3.8, 4) is 5.75 Å². The highest BCUT2D eigenvalue weighted by Gasteiger charge is 2.38. The molecule has 2 aliphatic rings. The summed E-state index contributed by atoms with van der Waals surface area (Å²) >= 11 is 1.50. The first-order valence-corrected chi connectivity index (χ1v) is 11.2. The molecule has 0 spiro atoms. The largest absolute Gasteiger partial charge is 0.503 e. The molecule has 5 rings (SSSR count). The number of nitrogens with one attached hydrogen (secondary N) is 1. The SMILES string of the molecule is O=C(NCc1c(F)cc(F)cc1F)c1cn2c(c(O)c1=O)C(=O)N1CC2CSc2ccccc21. The number of aromatic hydroxyl groups is 1. The third-order valence-electron chi connectivity index (χ3n) is 5.81. The Morgan fingerprint density at radius 1 is 1.15 bits per heavy atom. The third kappa shape index (κ3) is 3.52. The number of aromatic nitrogens is 1. The van der Waals surface area contributed by atoms with E-state index in [4.69, 9.17) is 0 Å². The van der Waals surface area contributed by atoms with E-state index in [1.807, 2.05) is 12.1 Å². The molecule has 174 valence electrons. The Kier molecular flexibility index (Phi) is 5.35. The Morgan fingerprint density at radius 3 is 2.59 bits per heavy atom. The van der Waals surface area contributed by atoms with Crippen molar-refractivity contribution in [1.29, 1.82) is 0 Å². The maximum atomic E-state index is 13.9. The van der Waals surface area contributed by atoms with Crippen LogP contribution < -0.4 is 15.6 Å². The number of hydrogen-bond acceptors (Lipinski definition) is 5. The van der Waals surface area contributed by atoms with E-state index in [2.05, 4.69) is 5.32 Å². The summed E-state index contributed by atoms with van der Waals surface area (Å²) < 4.78 is 42.3. The molecule has 1 aromatic heterocycles. The molecule has 7 nitrogen and oxygen atoms in total. The summed E-state index contributed by atoms with van der Waals surface area (Å²) in [6.07, 6.45) is 1.18. The molecule has 0 fully saturated rings. The number of amides is 2. The van der Waals surface area contributed by atoms with Crippen LogP contribution in [0.15, 0.2) is 52.3 Å². The van der Waals surface area contributed by atoms with Crippen molar-refractivity contribution < 1.29 is 27.9 Å². The predicted molar refractivity (Wildman–Crippen MR) is 118 cm³/mol. The molecular weight excluding hydrogens is 471 g/mol. The van der Waals surface area contributed by atoms with Gasteiger partial charge in [-0.25, -0.2) is 13.2 Å². The van der Waals surface area contributed by atoms with E-state index in [1.165, 1.54) is 27.4 Å². The summed E-state index contributed by atoms with van der Waals surface area (Å²) in [6.45, 7) is -0.384. The maximum Gasteiger partial charge on any atom is 0.279 e. The third-order valence-corrected chi connectivity index (χ3v) is 7.02. The number of benzene rings is 2. The summed E-state index contributed by atoms with van der Waals surface area (Å²) in [7, 11) is 0. The van der Waals surface area contributed by atoms with Crippen molar-refractivity contribution >= 4 is 29.3 Å². The van der Waals surface area contributed by atoms with Gasteiger partial charge in [0.25, 0.3) is 11.8 Å². The molecular formula is C23H16F3N3O4S. The van der Waals surface area contributed by atoms with Crippen molar-refractivity contribution in [2.75, 3.05) is 17.2 Å². The summed E-state index contributed by atoms with van der Waals surface area (Å²) in [5.41, 5.74) is -1.72. The van der Waals surface area contributed by atoms with Gasteiger partial charge in [0.15, 0.2) is 11.4 Å². The van der Waals surface area contributed by atoms with Crippen LogP contribution in [0.2, 0.25) is 0 Å². The predicted octanol–water partition coefficient (Wildman–Crippen LogP) is 3.21. The normalized spacial score (nSPS) is 16.5. The van der Waals surface area contributed by atoms with Gasteiger partial charge in [-0.15, -0.1) is 11.8 Å². The topological polar surface area (TPSA) is 91.6 Å². The van der Waals surface area contributed by atoms with Crippen molar-refractivity contribution in [3.63, 3.8) is 0 Å². The first-order valence-electron chi connectivity index (χ1n) is 10.2. The first kappa shape index (κ1) is 22.1. The number of hydrogen-bond donors (Lipinski definition) is 2. The van der Waals surface area contributed by atoms with E-state index in [0.29, 0.717) is 23.6 Å². The lowest BCUT2D eigenvalue weighted by atomic mass is 10.1. The van der Waals surface area contributed by atoms with Gasteiger partial charge in [-0.2, -0.15) is 0 Å². The Labute approximate surface area is 194 Å². The molecule has 34 heavy (non-hydrogen) atoms. The molecule has 3 aromatic rings. The molecule has 11 heteroatoms. The monoisotopic (exact) mass is 487 g/mol. The fraction of sp³-hybridized carbons (Fsp3) is 0.174. The lowest BCUT2D eigenvalue weighted by molar-refractivity contribution is 0.0930. The van der Waals surface area contributed by atoms with Crippen LogP contribution in [0.25, 0.3) is 0 Å². The van der Waals surface area contributed by atoms with Crippen LogP contribution in [0.1, 0.15) is 32.5 Å². The van der Waals surface area contributed by atoms with E-state index in [1.54, 1.807) is 12.1 Å². The molecule has 2 N–H and O–H groups in total. The molecule has 2 amide bonds. The number of para-hydroxylation sites is 1. The molecule has 3 heterocycles. The van der Waals surface area contributed by atoms with Gasteiger partial charge >= 0.3 is 0 Å². The van der Waals surface area contributed by atoms with Crippen LogP contribution in [0.4, 0.5) is 18.9 Å². The summed E-state index contributed by atoms with van der Waals surface area (Å²) in [5.74, 6) is -5.45. The smallest absolute Gasteiger partial charge is 0.279 e. The van der Waals surface area contributed by atoms with Gasteiger partial charge in [-0.05, 0) is 12.1 Å². The second-order valence-corrected chi connectivity index (χ2v) is 8.92. The van der Waals surface area contributed by atoms with Crippen LogP contribution in [0.5, 0.6) is 5.75 Å².